The molecule has 0 rings (SSSR count). The quantitative estimate of drug-likeness (QED) is 0.791. The molecule has 0 heterocycles. The van der Waals surface area contributed by atoms with Gasteiger partial charge in [-0.2, -0.15) is 0 Å². The van der Waals surface area contributed by atoms with Crippen LogP contribution in [0.4, 0.5) is 0 Å². The summed E-state index contributed by atoms with van der Waals surface area (Å²) in [5.74, 6) is -0.803. The molecule has 0 spiro atoms. The molecule has 0 aliphatic heterocycles. The summed E-state index contributed by atoms with van der Waals surface area (Å²) in [5.41, 5.74) is 0. The van der Waals surface area contributed by atoms with E-state index < -0.39 is 9.34 Å². The van der Waals surface area contributed by atoms with Gasteiger partial charge in [-0.15, -0.1) is 0 Å². The first kappa shape index (κ1) is 9.34. The summed E-state index contributed by atoms with van der Waals surface area (Å²) < 4.78 is -1.88. The van der Waals surface area contributed by atoms with E-state index in [1.165, 1.54) is 0 Å². The van der Waals surface area contributed by atoms with Gasteiger partial charge in [0.05, 0.1) is 0 Å². The molecule has 0 bridgehead atoms. The summed E-state index contributed by atoms with van der Waals surface area (Å²) in [7, 11) is 0. The Bertz CT molecular complexity index is 97.9. The van der Waals surface area contributed by atoms with E-state index in [0.717, 1.165) is 0 Å². The maximum atomic E-state index is 9.96. The van der Waals surface area contributed by atoms with Gasteiger partial charge >= 0.3 is 71.9 Å². The Morgan fingerprint density at radius 3 is 1.88 bits per heavy atom. The van der Waals surface area contributed by atoms with Gasteiger partial charge in [-0.05, 0) is 0 Å². The second-order valence-corrected chi connectivity index (χ2v) is 24.5. The van der Waals surface area contributed by atoms with E-state index >= 15 is 0 Å². The van der Waals surface area contributed by atoms with Crippen molar-refractivity contribution in [3.05, 3.63) is 0 Å². The van der Waals surface area contributed by atoms with Gasteiger partial charge in [-0.1, -0.05) is 0 Å². The summed E-state index contributed by atoms with van der Waals surface area (Å²) in [6.45, 7) is 0. The Morgan fingerprint density at radius 1 is 1.50 bits per heavy atom. The normalized spacial score (nSPS) is 13.4. The molecule has 0 atom stereocenters. The van der Waals surface area contributed by atoms with E-state index in [9.17, 15) is 4.79 Å². The standard InChI is InChI=1S/C2H4Br3O2P/c3-8(4,5)1-2(6)7/h8H,1H2,(H,6,7). The number of aliphatic carboxylic acids is 1. The van der Waals surface area contributed by atoms with Gasteiger partial charge in [0.1, 0.15) is 0 Å². The first-order valence-corrected chi connectivity index (χ1v) is 10.7. The fourth-order valence-corrected chi connectivity index (χ4v) is 2.67. The van der Waals surface area contributed by atoms with Crippen molar-refractivity contribution >= 4 is 55.8 Å². The van der Waals surface area contributed by atoms with Crippen molar-refractivity contribution in [1.82, 2.24) is 0 Å². The molecule has 6 heteroatoms. The molecule has 0 fully saturated rings. The van der Waals surface area contributed by atoms with Crippen LogP contribution in [0, 0.1) is 0 Å². The zero-order valence-electron chi connectivity index (χ0n) is 3.70. The summed E-state index contributed by atoms with van der Waals surface area (Å²) in [6.07, 6.45) is 0.132. The third kappa shape index (κ3) is 7.34. The number of carboxylic acid groups (broad SMARTS) is 1. The molecule has 0 aromatic carbocycles. The van der Waals surface area contributed by atoms with Crippen molar-refractivity contribution < 1.29 is 9.90 Å². The maximum absolute atomic E-state index is 9.96. The van der Waals surface area contributed by atoms with Crippen LogP contribution in [0.25, 0.3) is 0 Å². The average molecular weight is 331 g/mol. The number of carboxylic acids is 1. The second kappa shape index (κ2) is 3.49. The minimum atomic E-state index is -1.88. The van der Waals surface area contributed by atoms with Gasteiger partial charge < -0.3 is 0 Å². The van der Waals surface area contributed by atoms with Crippen LogP contribution in [-0.2, 0) is 4.79 Å². The molecule has 2 nitrogen and oxygen atoms in total. The summed E-state index contributed by atoms with van der Waals surface area (Å²) in [4.78, 5) is 9.96. The van der Waals surface area contributed by atoms with Gasteiger partial charge in [-0.25, -0.2) is 0 Å². The van der Waals surface area contributed by atoms with Crippen LogP contribution >= 0.6 is 49.8 Å². The number of rotatable bonds is 2. The Kier molecular flexibility index (Phi) is 4.08. The summed E-state index contributed by atoms with van der Waals surface area (Å²) in [6, 6.07) is 0. The molecule has 0 saturated heterocycles. The Morgan fingerprint density at radius 2 is 1.88 bits per heavy atom. The molecule has 0 aliphatic rings. The zero-order valence-corrected chi connectivity index (χ0v) is 9.45. The third-order valence-electron chi connectivity index (χ3n) is 0.352. The molecule has 0 saturated carbocycles. The number of hydrogen-bond donors (Lipinski definition) is 1. The van der Waals surface area contributed by atoms with Gasteiger partial charge in [-0.3, -0.25) is 0 Å². The fraction of sp³-hybridized carbons (Fsp3) is 0.500. The van der Waals surface area contributed by atoms with E-state index in [0.29, 0.717) is 0 Å². The van der Waals surface area contributed by atoms with E-state index in [4.69, 9.17) is 5.11 Å². The van der Waals surface area contributed by atoms with E-state index in [1.54, 1.807) is 0 Å². The van der Waals surface area contributed by atoms with Gasteiger partial charge in [0, 0.05) is 0 Å². The average Bonchev–Trinajstić information content (AvgIpc) is 1.21. The summed E-state index contributed by atoms with van der Waals surface area (Å²) in [5, 5.41) is 8.19. The number of carbonyl (C=O) groups is 1. The van der Waals surface area contributed by atoms with Crippen LogP contribution in [0.5, 0.6) is 0 Å². The van der Waals surface area contributed by atoms with Crippen LogP contribution in [0.3, 0.4) is 0 Å². The molecule has 50 valence electrons. The van der Waals surface area contributed by atoms with Gasteiger partial charge in [0.15, 0.2) is 0 Å². The molecule has 0 aliphatic carbocycles. The second-order valence-electron chi connectivity index (χ2n) is 1.19. The minimum absolute atomic E-state index is 0.132. The van der Waals surface area contributed by atoms with Crippen molar-refractivity contribution in [3.8, 4) is 0 Å². The van der Waals surface area contributed by atoms with Gasteiger partial charge in [0.2, 0.25) is 0 Å². The van der Waals surface area contributed by atoms with E-state index in [-0.39, 0.29) is 6.16 Å². The van der Waals surface area contributed by atoms with Crippen molar-refractivity contribution in [2.45, 2.75) is 0 Å². The van der Waals surface area contributed by atoms with Crippen LogP contribution in [-0.4, -0.2) is 17.2 Å². The molecule has 0 amide bonds. The van der Waals surface area contributed by atoms with Crippen LogP contribution in [0.15, 0.2) is 0 Å². The third-order valence-corrected chi connectivity index (χ3v) is 3.58. The zero-order chi connectivity index (χ0) is 6.78. The first-order valence-electron chi connectivity index (χ1n) is 1.70. The Balaban J connectivity index is 3.55. The topological polar surface area (TPSA) is 37.3 Å². The van der Waals surface area contributed by atoms with Crippen molar-refractivity contribution in [2.75, 3.05) is 6.16 Å². The van der Waals surface area contributed by atoms with Crippen LogP contribution in [0.2, 0.25) is 0 Å². The molecule has 0 unspecified atom stereocenters. The van der Waals surface area contributed by atoms with Crippen molar-refractivity contribution in [1.29, 1.82) is 0 Å². The monoisotopic (exact) mass is 328 g/mol. The molecule has 1 N–H and O–H groups in total. The predicted molar refractivity (Wildman–Crippen MR) is 47.6 cm³/mol. The summed E-state index contributed by atoms with van der Waals surface area (Å²) >= 11 is 9.51. The molecule has 0 radical (unpaired) electrons. The molecule has 0 aromatic heterocycles. The first-order chi connectivity index (χ1) is 3.42. The van der Waals surface area contributed by atoms with E-state index in [1.807, 2.05) is 0 Å². The van der Waals surface area contributed by atoms with Gasteiger partial charge in [0.25, 0.3) is 0 Å². The fourth-order valence-electron chi connectivity index (χ4n) is 0.171. The van der Waals surface area contributed by atoms with E-state index in [2.05, 4.69) is 46.5 Å². The molecule has 8 heavy (non-hydrogen) atoms. The predicted octanol–water partition coefficient (Wildman–Crippen LogP) is 2.75. The van der Waals surface area contributed by atoms with Crippen LogP contribution in [0.1, 0.15) is 0 Å². The number of halogens is 3. The Labute approximate surface area is 71.6 Å². The molecule has 0 aromatic rings. The van der Waals surface area contributed by atoms with Crippen molar-refractivity contribution in [3.63, 3.8) is 0 Å². The Hall–Kier alpha value is 1.34. The molecular weight excluding hydrogens is 327 g/mol. The number of hydrogen-bond acceptors (Lipinski definition) is 1. The SMILES string of the molecule is O=C(O)C[PH](Br)(Br)Br. The van der Waals surface area contributed by atoms with Crippen LogP contribution < -0.4 is 0 Å². The van der Waals surface area contributed by atoms with Crippen molar-refractivity contribution in [2.24, 2.45) is 0 Å². The molecular formula is C2H4Br3O2P.